The molecule has 1 aromatic heterocycles. The number of nitrogens with one attached hydrogen (secondary N) is 1. The van der Waals surface area contributed by atoms with Crippen molar-refractivity contribution >= 4 is 26.9 Å². The van der Waals surface area contributed by atoms with Gasteiger partial charge < -0.3 is 9.32 Å². The van der Waals surface area contributed by atoms with E-state index in [2.05, 4.69) is 23.5 Å². The number of hydrogen-bond donors (Lipinski definition) is 1. The van der Waals surface area contributed by atoms with Crippen LogP contribution in [0, 0.1) is 0 Å². The van der Waals surface area contributed by atoms with Crippen LogP contribution in [-0.2, 0) is 10.2 Å². The van der Waals surface area contributed by atoms with Gasteiger partial charge in [-0.2, -0.15) is 12.7 Å². The van der Waals surface area contributed by atoms with Gasteiger partial charge >= 0.3 is 10.2 Å². The number of anilines is 1. The van der Waals surface area contributed by atoms with Gasteiger partial charge in [-0.05, 0) is 75.7 Å². The van der Waals surface area contributed by atoms with E-state index in [-0.39, 0.29) is 0 Å². The summed E-state index contributed by atoms with van der Waals surface area (Å²) >= 11 is 0. The number of rotatable bonds is 10. The summed E-state index contributed by atoms with van der Waals surface area (Å²) in [6.45, 7) is 7.69. The van der Waals surface area contributed by atoms with E-state index < -0.39 is 10.2 Å². The number of piperidine rings is 2. The minimum Gasteiger partial charge on any atom is -0.464 e. The molecule has 0 bridgehead atoms. The van der Waals surface area contributed by atoms with Crippen molar-refractivity contribution < 1.29 is 12.8 Å². The van der Waals surface area contributed by atoms with E-state index in [1.807, 2.05) is 24.5 Å². The molecule has 2 fully saturated rings. The lowest BCUT2D eigenvalue weighted by Gasteiger charge is -2.42. The zero-order valence-corrected chi connectivity index (χ0v) is 20.5. The summed E-state index contributed by atoms with van der Waals surface area (Å²) in [7, 11) is -3.58. The van der Waals surface area contributed by atoms with Crippen molar-refractivity contribution in [3.05, 3.63) is 30.0 Å². The van der Waals surface area contributed by atoms with E-state index in [0.717, 1.165) is 49.6 Å². The van der Waals surface area contributed by atoms with Crippen LogP contribution in [-0.4, -0.2) is 49.8 Å². The summed E-state index contributed by atoms with van der Waals surface area (Å²) in [4.78, 5) is 2.66. The minimum atomic E-state index is -3.58. The van der Waals surface area contributed by atoms with Gasteiger partial charge in [0.2, 0.25) is 0 Å². The molecule has 2 atom stereocenters. The summed E-state index contributed by atoms with van der Waals surface area (Å²) in [5, 5.41) is 1.05. The van der Waals surface area contributed by atoms with Crippen molar-refractivity contribution in [3.63, 3.8) is 0 Å². The average Bonchev–Trinajstić information content (AvgIpc) is 3.21. The molecular weight excluding hydrogens is 422 g/mol. The molecule has 1 aromatic carbocycles. The molecule has 2 aliphatic rings. The predicted molar refractivity (Wildman–Crippen MR) is 131 cm³/mol. The van der Waals surface area contributed by atoms with Crippen molar-refractivity contribution in [1.29, 1.82) is 0 Å². The van der Waals surface area contributed by atoms with Crippen LogP contribution < -0.4 is 4.72 Å². The Morgan fingerprint density at radius 3 is 2.62 bits per heavy atom. The van der Waals surface area contributed by atoms with Gasteiger partial charge in [-0.15, -0.1) is 0 Å². The van der Waals surface area contributed by atoms with E-state index in [4.69, 9.17) is 4.42 Å². The summed E-state index contributed by atoms with van der Waals surface area (Å²) in [6.07, 6.45) is 11.9. The molecule has 2 saturated heterocycles. The van der Waals surface area contributed by atoms with Gasteiger partial charge in [0.15, 0.2) is 0 Å². The zero-order valence-electron chi connectivity index (χ0n) is 19.7. The van der Waals surface area contributed by atoms with E-state index in [1.165, 1.54) is 37.8 Å². The second-order valence-corrected chi connectivity index (χ2v) is 11.2. The van der Waals surface area contributed by atoms with Crippen molar-refractivity contribution in [1.82, 2.24) is 9.21 Å². The van der Waals surface area contributed by atoms with Crippen molar-refractivity contribution in [3.8, 4) is 0 Å². The maximum atomic E-state index is 13.1. The largest absolute Gasteiger partial charge is 0.464 e. The topological polar surface area (TPSA) is 65.8 Å². The average molecular weight is 462 g/mol. The Kier molecular flexibility index (Phi) is 7.79. The van der Waals surface area contributed by atoms with Crippen molar-refractivity contribution in [2.75, 3.05) is 30.9 Å². The second kappa shape index (κ2) is 10.6. The fourth-order valence-corrected chi connectivity index (χ4v) is 6.63. The monoisotopic (exact) mass is 461 g/mol. The van der Waals surface area contributed by atoms with E-state index in [0.29, 0.717) is 30.7 Å². The van der Waals surface area contributed by atoms with Gasteiger partial charge in [-0.1, -0.05) is 33.1 Å². The predicted octanol–water partition coefficient (Wildman–Crippen LogP) is 5.72. The van der Waals surface area contributed by atoms with Gasteiger partial charge in [0.25, 0.3) is 0 Å². The van der Waals surface area contributed by atoms with Crippen LogP contribution in [0.2, 0.25) is 0 Å². The second-order valence-electron chi connectivity index (χ2n) is 9.52. The fraction of sp³-hybridized carbons (Fsp3) is 0.680. The summed E-state index contributed by atoms with van der Waals surface area (Å²) in [5.41, 5.74) is 2.69. The third-order valence-corrected chi connectivity index (χ3v) is 8.76. The first-order chi connectivity index (χ1) is 15.5. The Morgan fingerprint density at radius 2 is 1.88 bits per heavy atom. The minimum absolute atomic E-state index is 0.480. The summed E-state index contributed by atoms with van der Waals surface area (Å²) < 4.78 is 36.5. The Balaban J connectivity index is 1.53. The number of hydrogen-bond acceptors (Lipinski definition) is 4. The number of fused-ring (bicyclic) bond motifs is 2. The summed E-state index contributed by atoms with van der Waals surface area (Å²) in [5.74, 6) is 0.480. The highest BCUT2D eigenvalue weighted by atomic mass is 32.2. The normalized spacial score (nSPS) is 22.3. The van der Waals surface area contributed by atoms with Crippen molar-refractivity contribution in [2.45, 2.75) is 83.6 Å². The molecule has 0 spiro atoms. The SMILES string of the molecule is CCCCN(CCCC)S(=O)(=O)Nc1ccc2occ(C3CCN4CCCCC4C3)c2c1. The molecule has 1 N–H and O–H groups in total. The third-order valence-electron chi connectivity index (χ3n) is 7.22. The quantitative estimate of drug-likeness (QED) is 0.491. The Bertz CT molecular complexity index is 979. The lowest BCUT2D eigenvalue weighted by atomic mass is 9.82. The standard InChI is InChI=1S/C25H39N3O3S/c1-3-5-14-28(15-6-4-2)32(29,30)26-21-10-11-25-23(18-21)24(19-31-25)20-12-16-27-13-8-7-9-22(27)17-20/h10-11,18-20,22,26H,3-9,12-17H2,1-2H3. The highest BCUT2D eigenvalue weighted by Crippen LogP contribution is 2.39. The molecule has 0 aliphatic carbocycles. The number of furan rings is 1. The van der Waals surface area contributed by atoms with Gasteiger partial charge in [0.1, 0.15) is 5.58 Å². The molecule has 0 radical (unpaired) electrons. The first-order valence-electron chi connectivity index (χ1n) is 12.5. The van der Waals surface area contributed by atoms with E-state index >= 15 is 0 Å². The van der Waals surface area contributed by atoms with Crippen LogP contribution in [0.1, 0.15) is 83.1 Å². The Hall–Kier alpha value is -1.57. The molecule has 4 rings (SSSR count). The highest BCUT2D eigenvalue weighted by molar-refractivity contribution is 7.90. The highest BCUT2D eigenvalue weighted by Gasteiger charge is 2.32. The molecule has 2 aliphatic heterocycles. The number of unbranched alkanes of at least 4 members (excludes halogenated alkanes) is 2. The fourth-order valence-electron chi connectivity index (χ4n) is 5.33. The molecule has 2 unspecified atom stereocenters. The number of nitrogens with zero attached hydrogens (tertiary/aromatic N) is 2. The van der Waals surface area contributed by atoms with E-state index in [9.17, 15) is 8.42 Å². The van der Waals surface area contributed by atoms with E-state index in [1.54, 1.807) is 4.31 Å². The van der Waals surface area contributed by atoms with Gasteiger partial charge in [0, 0.05) is 30.1 Å². The molecular formula is C25H39N3O3S. The molecule has 0 amide bonds. The van der Waals surface area contributed by atoms with Crippen LogP contribution in [0.4, 0.5) is 5.69 Å². The first-order valence-corrected chi connectivity index (χ1v) is 14.0. The third kappa shape index (κ3) is 5.32. The molecule has 7 heteroatoms. The van der Waals surface area contributed by atoms with Gasteiger partial charge in [-0.25, -0.2) is 0 Å². The maximum Gasteiger partial charge on any atom is 0.301 e. The van der Waals surface area contributed by atoms with Gasteiger partial charge in [-0.3, -0.25) is 4.72 Å². The summed E-state index contributed by atoms with van der Waals surface area (Å²) in [6, 6.07) is 6.36. The Morgan fingerprint density at radius 1 is 1.09 bits per heavy atom. The van der Waals surface area contributed by atoms with Crippen LogP contribution in [0.3, 0.4) is 0 Å². The Labute approximate surface area is 193 Å². The maximum absolute atomic E-state index is 13.1. The van der Waals surface area contributed by atoms with Crippen LogP contribution in [0.25, 0.3) is 11.0 Å². The van der Waals surface area contributed by atoms with Gasteiger partial charge in [0.05, 0.1) is 12.0 Å². The zero-order chi connectivity index (χ0) is 22.6. The first kappa shape index (κ1) is 23.6. The molecule has 2 aromatic rings. The molecule has 3 heterocycles. The molecule has 178 valence electrons. The lowest BCUT2D eigenvalue weighted by molar-refractivity contribution is 0.0975. The number of benzene rings is 1. The van der Waals surface area contributed by atoms with Crippen LogP contribution >= 0.6 is 0 Å². The van der Waals surface area contributed by atoms with Crippen LogP contribution in [0.15, 0.2) is 28.9 Å². The van der Waals surface area contributed by atoms with Crippen molar-refractivity contribution in [2.24, 2.45) is 0 Å². The lowest BCUT2D eigenvalue weighted by Crippen LogP contribution is -2.44. The van der Waals surface area contributed by atoms with Crippen LogP contribution in [0.5, 0.6) is 0 Å². The molecule has 32 heavy (non-hydrogen) atoms. The molecule has 0 saturated carbocycles. The molecule has 6 nitrogen and oxygen atoms in total. The smallest absolute Gasteiger partial charge is 0.301 e.